The van der Waals surface area contributed by atoms with Gasteiger partial charge in [-0.25, -0.2) is 4.39 Å². The van der Waals surface area contributed by atoms with Crippen LogP contribution in [-0.4, -0.2) is 49.5 Å². The van der Waals surface area contributed by atoms with Crippen LogP contribution in [0, 0.1) is 11.7 Å². The van der Waals surface area contributed by atoms with E-state index in [0.29, 0.717) is 24.0 Å². The van der Waals surface area contributed by atoms with E-state index < -0.39 is 5.97 Å². The van der Waals surface area contributed by atoms with Crippen LogP contribution in [-0.2, 0) is 4.79 Å². The first-order valence-corrected chi connectivity index (χ1v) is 11.9. The number of hydrogen-bond acceptors (Lipinski definition) is 5. The molecule has 0 amide bonds. The normalized spacial score (nSPS) is 21.3. The lowest BCUT2D eigenvalue weighted by molar-refractivity contribution is -0.137. The third-order valence-corrected chi connectivity index (χ3v) is 6.75. The summed E-state index contributed by atoms with van der Waals surface area (Å²) in [5.74, 6) is 0.871. The number of carboxylic acids is 1. The van der Waals surface area contributed by atoms with Gasteiger partial charge in [-0.05, 0) is 55.7 Å². The van der Waals surface area contributed by atoms with Crippen molar-refractivity contribution in [2.24, 2.45) is 5.92 Å². The summed E-state index contributed by atoms with van der Waals surface area (Å²) in [4.78, 5) is 15.5. The number of rotatable bonds is 8. The van der Waals surface area contributed by atoms with Gasteiger partial charge in [0.1, 0.15) is 23.4 Å². The van der Waals surface area contributed by atoms with Crippen molar-refractivity contribution in [2.75, 3.05) is 36.0 Å². The lowest BCUT2D eigenvalue weighted by atomic mass is 10.00. The highest BCUT2D eigenvalue weighted by atomic mass is 19.1. The van der Waals surface area contributed by atoms with Crippen LogP contribution in [0.1, 0.15) is 39.5 Å². The van der Waals surface area contributed by atoms with Crippen LogP contribution in [0.3, 0.4) is 0 Å². The zero-order valence-corrected chi connectivity index (χ0v) is 19.4. The number of benzene rings is 2. The van der Waals surface area contributed by atoms with Crippen molar-refractivity contribution in [3.63, 3.8) is 0 Å². The highest BCUT2D eigenvalue weighted by Gasteiger charge is 2.33. The van der Waals surface area contributed by atoms with Crippen molar-refractivity contribution >= 4 is 17.3 Å². The fraction of sp³-hybridized carbons (Fsp3) is 0.500. The maximum atomic E-state index is 14.4. The maximum Gasteiger partial charge on any atom is 0.305 e. The standard InChI is InChI=1S/C26H33FN2O4/c1-3-32-22-8-9-23(27)25(16-22)28-13-11-21(12-14-28)33-20-6-4-19(5-7-20)29-15-10-18(2)24(29)17-26(30)31/h4-9,16,18,21,24H,3,10-15,17H2,1-2H3,(H,30,31)/t18-,24+/m1/s1. The van der Waals surface area contributed by atoms with E-state index >= 15 is 0 Å². The number of anilines is 2. The third-order valence-electron chi connectivity index (χ3n) is 6.75. The number of carbonyl (C=O) groups is 1. The second-order valence-electron chi connectivity index (χ2n) is 8.97. The Balaban J connectivity index is 1.33. The summed E-state index contributed by atoms with van der Waals surface area (Å²) in [7, 11) is 0. The predicted molar refractivity (Wildman–Crippen MR) is 127 cm³/mol. The largest absolute Gasteiger partial charge is 0.494 e. The minimum atomic E-state index is -0.755. The molecule has 0 aliphatic carbocycles. The van der Waals surface area contributed by atoms with Crippen LogP contribution in [0.15, 0.2) is 42.5 Å². The Labute approximate surface area is 194 Å². The molecule has 2 aliphatic rings. The predicted octanol–water partition coefficient (Wildman–Crippen LogP) is 4.96. The SMILES string of the molecule is CCOc1ccc(F)c(N2CCC(Oc3ccc(N4CC[C@@H](C)[C@@H]4CC(=O)O)cc3)CC2)c1. The molecule has 0 unspecified atom stereocenters. The number of carboxylic acid groups (broad SMARTS) is 1. The zero-order valence-electron chi connectivity index (χ0n) is 19.4. The van der Waals surface area contributed by atoms with E-state index in [1.807, 2.05) is 31.2 Å². The van der Waals surface area contributed by atoms with Gasteiger partial charge in [0.15, 0.2) is 0 Å². The Morgan fingerprint density at radius 2 is 1.76 bits per heavy atom. The Morgan fingerprint density at radius 3 is 2.42 bits per heavy atom. The first kappa shape index (κ1) is 23.2. The van der Waals surface area contributed by atoms with E-state index in [9.17, 15) is 14.3 Å². The molecule has 2 aromatic carbocycles. The number of nitrogens with zero attached hydrogens (tertiary/aromatic N) is 2. The number of aliphatic carboxylic acids is 1. The molecule has 6 nitrogen and oxygen atoms in total. The van der Waals surface area contributed by atoms with Gasteiger partial charge < -0.3 is 24.4 Å². The molecule has 2 atom stereocenters. The van der Waals surface area contributed by atoms with Crippen LogP contribution >= 0.6 is 0 Å². The summed E-state index contributed by atoms with van der Waals surface area (Å²) in [5, 5.41) is 9.25. The molecule has 0 aromatic heterocycles. The Hall–Kier alpha value is -2.96. The molecular formula is C26H33FN2O4. The highest BCUT2D eigenvalue weighted by molar-refractivity contribution is 5.69. The van der Waals surface area contributed by atoms with Gasteiger partial charge >= 0.3 is 5.97 Å². The van der Waals surface area contributed by atoms with Crippen molar-refractivity contribution in [2.45, 2.75) is 51.7 Å². The zero-order chi connectivity index (χ0) is 23.4. The number of hydrogen-bond donors (Lipinski definition) is 1. The van der Waals surface area contributed by atoms with Gasteiger partial charge in [0.05, 0.1) is 18.7 Å². The Bertz CT molecular complexity index is 944. The summed E-state index contributed by atoms with van der Waals surface area (Å²) in [6.07, 6.45) is 2.86. The van der Waals surface area contributed by atoms with Crippen molar-refractivity contribution in [3.8, 4) is 11.5 Å². The summed E-state index contributed by atoms with van der Waals surface area (Å²) >= 11 is 0. The highest BCUT2D eigenvalue weighted by Crippen LogP contribution is 2.33. The van der Waals surface area contributed by atoms with Crippen LogP contribution in [0.25, 0.3) is 0 Å². The first-order valence-electron chi connectivity index (χ1n) is 11.9. The van der Waals surface area contributed by atoms with E-state index in [0.717, 1.165) is 50.3 Å². The molecule has 1 N–H and O–H groups in total. The first-order chi connectivity index (χ1) is 15.9. The van der Waals surface area contributed by atoms with Gasteiger partial charge in [0.2, 0.25) is 0 Å². The molecular weight excluding hydrogens is 423 g/mol. The van der Waals surface area contributed by atoms with Crippen LogP contribution in [0.5, 0.6) is 11.5 Å². The summed E-state index contributed by atoms with van der Waals surface area (Å²) in [5.41, 5.74) is 1.62. The van der Waals surface area contributed by atoms with Crippen molar-refractivity contribution < 1.29 is 23.8 Å². The minimum absolute atomic E-state index is 0.0280. The van der Waals surface area contributed by atoms with Gasteiger partial charge in [-0.3, -0.25) is 4.79 Å². The lowest BCUT2D eigenvalue weighted by Gasteiger charge is -2.34. The van der Waals surface area contributed by atoms with Crippen molar-refractivity contribution in [3.05, 3.63) is 48.3 Å². The van der Waals surface area contributed by atoms with Gasteiger partial charge in [-0.15, -0.1) is 0 Å². The van der Waals surface area contributed by atoms with Gasteiger partial charge in [-0.1, -0.05) is 6.92 Å². The summed E-state index contributed by atoms with van der Waals surface area (Å²) in [6, 6.07) is 12.9. The average Bonchev–Trinajstić information content (AvgIpc) is 3.16. The summed E-state index contributed by atoms with van der Waals surface area (Å²) < 4.78 is 26.1. The number of halogens is 1. The van der Waals surface area contributed by atoms with E-state index in [2.05, 4.69) is 16.7 Å². The monoisotopic (exact) mass is 456 g/mol. The second kappa shape index (κ2) is 10.3. The lowest BCUT2D eigenvalue weighted by Crippen LogP contribution is -2.38. The van der Waals surface area contributed by atoms with Crippen molar-refractivity contribution in [1.82, 2.24) is 0 Å². The summed E-state index contributed by atoms with van der Waals surface area (Å²) in [6.45, 7) is 6.90. The van der Waals surface area contributed by atoms with E-state index in [1.54, 1.807) is 12.1 Å². The molecule has 2 aliphatic heterocycles. The fourth-order valence-corrected chi connectivity index (χ4v) is 4.93. The molecule has 33 heavy (non-hydrogen) atoms. The molecule has 2 heterocycles. The van der Waals surface area contributed by atoms with Crippen LogP contribution in [0.2, 0.25) is 0 Å². The molecule has 2 aromatic rings. The van der Waals surface area contributed by atoms with Gasteiger partial charge in [-0.2, -0.15) is 0 Å². The molecule has 0 spiro atoms. The fourth-order valence-electron chi connectivity index (χ4n) is 4.93. The van der Waals surface area contributed by atoms with Gasteiger partial charge in [0.25, 0.3) is 0 Å². The second-order valence-corrected chi connectivity index (χ2v) is 8.97. The molecule has 7 heteroatoms. The molecule has 0 saturated carbocycles. The number of piperidine rings is 1. The molecule has 178 valence electrons. The average molecular weight is 457 g/mol. The van der Waals surface area contributed by atoms with Crippen molar-refractivity contribution in [1.29, 1.82) is 0 Å². The van der Waals surface area contributed by atoms with Gasteiger partial charge in [0, 0.05) is 50.3 Å². The third kappa shape index (κ3) is 5.52. The smallest absolute Gasteiger partial charge is 0.305 e. The molecule has 2 fully saturated rings. The number of ether oxygens (including phenoxy) is 2. The molecule has 4 rings (SSSR count). The van der Waals surface area contributed by atoms with Crippen LogP contribution < -0.4 is 19.3 Å². The van der Waals surface area contributed by atoms with Crippen LogP contribution in [0.4, 0.5) is 15.8 Å². The molecule has 0 radical (unpaired) electrons. The quantitative estimate of drug-likeness (QED) is 0.606. The van der Waals surface area contributed by atoms with E-state index in [-0.39, 0.29) is 24.4 Å². The van der Waals surface area contributed by atoms with E-state index in [4.69, 9.17) is 9.47 Å². The molecule has 0 bridgehead atoms. The maximum absolute atomic E-state index is 14.4. The topological polar surface area (TPSA) is 62.2 Å². The molecule has 2 saturated heterocycles. The van der Waals surface area contributed by atoms with E-state index in [1.165, 1.54) is 6.07 Å². The Morgan fingerprint density at radius 1 is 1.06 bits per heavy atom. The minimum Gasteiger partial charge on any atom is -0.494 e. The Kier molecular flexibility index (Phi) is 7.26.